The van der Waals surface area contributed by atoms with Crippen molar-refractivity contribution in [3.05, 3.63) is 0 Å². The maximum absolute atomic E-state index is 12.5. The number of carbonyl (C=O) groups is 1. The summed E-state index contributed by atoms with van der Waals surface area (Å²) in [4.78, 5) is 14.9. The van der Waals surface area contributed by atoms with Crippen LogP contribution in [0.15, 0.2) is 0 Å². The quantitative estimate of drug-likeness (QED) is 0.699. The molecule has 1 N–H and O–H groups in total. The number of nitrogens with one attached hydrogen (secondary N) is 1. The van der Waals surface area contributed by atoms with Gasteiger partial charge < -0.3 is 9.64 Å². The highest BCUT2D eigenvalue weighted by Gasteiger charge is 2.52. The summed E-state index contributed by atoms with van der Waals surface area (Å²) < 4.78 is 5.16. The molecule has 4 heteroatoms. The van der Waals surface area contributed by atoms with E-state index in [-0.39, 0.29) is 12.0 Å². The Morgan fingerprint density at radius 3 is 2.38 bits per heavy atom. The van der Waals surface area contributed by atoms with Crippen LogP contribution in [0.4, 0.5) is 0 Å². The van der Waals surface area contributed by atoms with Crippen LogP contribution < -0.4 is 5.32 Å². The predicted octanol–water partition coefficient (Wildman–Crippen LogP) is 2.43. The van der Waals surface area contributed by atoms with Crippen LogP contribution in [0.5, 0.6) is 0 Å². The molecule has 1 atom stereocenters. The Bertz CT molecular complexity index is 349. The van der Waals surface area contributed by atoms with Gasteiger partial charge in [0.1, 0.15) is 5.54 Å². The van der Waals surface area contributed by atoms with E-state index >= 15 is 0 Å². The van der Waals surface area contributed by atoms with Crippen molar-refractivity contribution < 1.29 is 9.53 Å². The van der Waals surface area contributed by atoms with Crippen molar-refractivity contribution in [3.8, 4) is 0 Å². The molecule has 0 aromatic carbocycles. The minimum atomic E-state index is -0.518. The normalized spacial score (nSPS) is 22.8. The number of esters is 1. The van der Waals surface area contributed by atoms with Gasteiger partial charge in [-0.3, -0.25) is 5.32 Å². The number of likely N-dealkylation sites (N-methyl/N-ethyl adjacent to an activating group) is 1. The molecule has 21 heavy (non-hydrogen) atoms. The highest BCUT2D eigenvalue weighted by atomic mass is 16.5. The largest absolute Gasteiger partial charge is 0.468 e. The molecule has 2 fully saturated rings. The van der Waals surface area contributed by atoms with Crippen molar-refractivity contribution >= 4 is 5.97 Å². The maximum atomic E-state index is 12.5. The summed E-state index contributed by atoms with van der Waals surface area (Å²) in [5, 5.41) is 3.55. The van der Waals surface area contributed by atoms with Gasteiger partial charge in [0.25, 0.3) is 0 Å². The van der Waals surface area contributed by atoms with E-state index in [4.69, 9.17) is 4.74 Å². The molecule has 0 aromatic rings. The summed E-state index contributed by atoms with van der Waals surface area (Å²) in [7, 11) is 3.67. The SMILES string of the molecule is COC(=O)C(CN(C)CC1CCCC1)(NC(C)C)C1CC1. The van der Waals surface area contributed by atoms with Crippen LogP contribution in [-0.4, -0.2) is 49.7 Å². The lowest BCUT2D eigenvalue weighted by molar-refractivity contribution is -0.151. The summed E-state index contributed by atoms with van der Waals surface area (Å²) in [6.45, 7) is 6.08. The van der Waals surface area contributed by atoms with Crippen molar-refractivity contribution in [2.24, 2.45) is 11.8 Å². The molecule has 2 aliphatic carbocycles. The Balaban J connectivity index is 2.04. The minimum Gasteiger partial charge on any atom is -0.468 e. The third kappa shape index (κ3) is 4.19. The fourth-order valence-corrected chi connectivity index (χ4v) is 3.98. The first-order valence-corrected chi connectivity index (χ1v) is 8.52. The summed E-state index contributed by atoms with van der Waals surface area (Å²) in [5.41, 5.74) is -0.518. The Morgan fingerprint density at radius 2 is 1.90 bits per heavy atom. The molecule has 0 heterocycles. The molecule has 122 valence electrons. The third-order valence-electron chi connectivity index (χ3n) is 4.93. The Kier molecular flexibility index (Phi) is 5.67. The van der Waals surface area contributed by atoms with E-state index in [0.29, 0.717) is 5.92 Å². The molecule has 2 aliphatic rings. The number of hydrogen-bond acceptors (Lipinski definition) is 4. The molecular formula is C17H32N2O2. The van der Waals surface area contributed by atoms with Crippen LogP contribution in [0.2, 0.25) is 0 Å². The fourth-order valence-electron chi connectivity index (χ4n) is 3.98. The number of hydrogen-bond donors (Lipinski definition) is 1. The summed E-state index contributed by atoms with van der Waals surface area (Å²) >= 11 is 0. The first-order valence-electron chi connectivity index (χ1n) is 8.52. The van der Waals surface area contributed by atoms with Gasteiger partial charge in [0.2, 0.25) is 0 Å². The van der Waals surface area contributed by atoms with Gasteiger partial charge in [0, 0.05) is 19.1 Å². The van der Waals surface area contributed by atoms with Crippen molar-refractivity contribution in [2.75, 3.05) is 27.2 Å². The van der Waals surface area contributed by atoms with Crippen molar-refractivity contribution in [2.45, 2.75) is 64.0 Å². The monoisotopic (exact) mass is 296 g/mol. The van der Waals surface area contributed by atoms with E-state index in [1.165, 1.54) is 32.8 Å². The van der Waals surface area contributed by atoms with Crippen LogP contribution in [0.1, 0.15) is 52.4 Å². The molecule has 0 amide bonds. The van der Waals surface area contributed by atoms with Gasteiger partial charge in [-0.1, -0.05) is 12.8 Å². The van der Waals surface area contributed by atoms with Crippen LogP contribution in [0.3, 0.4) is 0 Å². The lowest BCUT2D eigenvalue weighted by Gasteiger charge is -2.38. The zero-order valence-corrected chi connectivity index (χ0v) is 14.2. The Morgan fingerprint density at radius 1 is 1.29 bits per heavy atom. The molecule has 4 nitrogen and oxygen atoms in total. The van der Waals surface area contributed by atoms with Crippen molar-refractivity contribution in [1.29, 1.82) is 0 Å². The second kappa shape index (κ2) is 7.10. The molecule has 0 spiro atoms. The van der Waals surface area contributed by atoms with E-state index < -0.39 is 5.54 Å². The highest BCUT2D eigenvalue weighted by Crippen LogP contribution is 2.41. The smallest absolute Gasteiger partial charge is 0.327 e. The minimum absolute atomic E-state index is 0.0861. The molecule has 0 aliphatic heterocycles. The van der Waals surface area contributed by atoms with Gasteiger partial charge in [-0.25, -0.2) is 4.79 Å². The van der Waals surface area contributed by atoms with Crippen LogP contribution in [0, 0.1) is 11.8 Å². The van der Waals surface area contributed by atoms with E-state index in [1.807, 2.05) is 0 Å². The zero-order valence-electron chi connectivity index (χ0n) is 14.2. The summed E-state index contributed by atoms with van der Waals surface area (Å²) in [6.07, 6.45) is 7.69. The van der Waals surface area contributed by atoms with Crippen LogP contribution >= 0.6 is 0 Å². The lowest BCUT2D eigenvalue weighted by Crippen LogP contribution is -2.62. The second-order valence-corrected chi connectivity index (χ2v) is 7.38. The molecule has 1 unspecified atom stereocenters. The Hall–Kier alpha value is -0.610. The Labute approximate surface area is 129 Å². The molecule has 0 saturated heterocycles. The van der Waals surface area contributed by atoms with Crippen LogP contribution in [0.25, 0.3) is 0 Å². The topological polar surface area (TPSA) is 41.6 Å². The predicted molar refractivity (Wildman–Crippen MR) is 85.2 cm³/mol. The molecular weight excluding hydrogens is 264 g/mol. The third-order valence-corrected chi connectivity index (χ3v) is 4.93. The summed E-state index contributed by atoms with van der Waals surface area (Å²) in [6, 6.07) is 0.282. The zero-order chi connectivity index (χ0) is 15.5. The number of ether oxygens (including phenoxy) is 1. The number of carbonyl (C=O) groups excluding carboxylic acids is 1. The molecule has 0 radical (unpaired) electrons. The van der Waals surface area contributed by atoms with Crippen molar-refractivity contribution in [3.63, 3.8) is 0 Å². The van der Waals surface area contributed by atoms with E-state index in [9.17, 15) is 4.79 Å². The van der Waals surface area contributed by atoms with E-state index in [1.54, 1.807) is 0 Å². The number of methoxy groups -OCH3 is 1. The average Bonchev–Trinajstić information content (AvgIpc) is 3.16. The standard InChI is InChI=1S/C17H32N2O2/c1-13(2)18-17(15-9-10-15,16(20)21-4)12-19(3)11-14-7-5-6-8-14/h13-15,18H,5-12H2,1-4H3. The van der Waals surface area contributed by atoms with Gasteiger partial charge in [-0.2, -0.15) is 0 Å². The van der Waals surface area contributed by atoms with E-state index in [0.717, 1.165) is 31.8 Å². The average molecular weight is 296 g/mol. The molecule has 2 rings (SSSR count). The first kappa shape index (κ1) is 16.8. The first-order chi connectivity index (χ1) is 9.98. The van der Waals surface area contributed by atoms with Gasteiger partial charge >= 0.3 is 5.97 Å². The molecule has 2 saturated carbocycles. The van der Waals surface area contributed by atoms with Crippen molar-refractivity contribution in [1.82, 2.24) is 10.2 Å². The van der Waals surface area contributed by atoms with E-state index in [2.05, 4.69) is 31.1 Å². The second-order valence-electron chi connectivity index (χ2n) is 7.38. The number of rotatable bonds is 8. The van der Waals surface area contributed by atoms with Crippen LogP contribution in [-0.2, 0) is 9.53 Å². The van der Waals surface area contributed by atoms with Gasteiger partial charge in [-0.15, -0.1) is 0 Å². The molecule has 0 aromatic heterocycles. The van der Waals surface area contributed by atoms with Gasteiger partial charge in [0.05, 0.1) is 7.11 Å². The number of nitrogens with zero attached hydrogens (tertiary/aromatic N) is 1. The summed E-state index contributed by atoms with van der Waals surface area (Å²) in [5.74, 6) is 1.15. The van der Waals surface area contributed by atoms with Gasteiger partial charge in [-0.05, 0) is 58.4 Å². The molecule has 0 bridgehead atoms. The maximum Gasteiger partial charge on any atom is 0.327 e. The lowest BCUT2D eigenvalue weighted by atomic mass is 9.90. The fraction of sp³-hybridized carbons (Fsp3) is 0.941. The van der Waals surface area contributed by atoms with Gasteiger partial charge in [0.15, 0.2) is 0 Å². The highest BCUT2D eigenvalue weighted by molar-refractivity contribution is 5.82.